The van der Waals surface area contributed by atoms with Crippen molar-refractivity contribution in [2.24, 2.45) is 10.7 Å². The summed E-state index contributed by atoms with van der Waals surface area (Å²) in [6.45, 7) is 4.84. The first-order valence-corrected chi connectivity index (χ1v) is 7.95. The largest absolute Gasteiger partial charge is 0.370 e. The van der Waals surface area contributed by atoms with Crippen LogP contribution >= 0.6 is 11.8 Å². The van der Waals surface area contributed by atoms with Gasteiger partial charge in [0.1, 0.15) is 0 Å². The average Bonchev–Trinajstić information content (AvgIpc) is 2.45. The average molecular weight is 299 g/mol. The summed E-state index contributed by atoms with van der Waals surface area (Å²) >= 11 is 1.79. The second-order valence-electron chi connectivity index (χ2n) is 4.92. The van der Waals surface area contributed by atoms with Gasteiger partial charge in [0.25, 0.3) is 0 Å². The number of aryl methyl sites for hydroxylation is 2. The number of nitrogens with two attached hydrogens (primary N) is 1. The number of benzene rings is 2. The zero-order valence-electron chi connectivity index (χ0n) is 12.5. The molecule has 0 aromatic heterocycles. The molecule has 0 fully saturated rings. The molecule has 0 spiro atoms. The van der Waals surface area contributed by atoms with Crippen molar-refractivity contribution in [3.05, 3.63) is 59.7 Å². The van der Waals surface area contributed by atoms with Crippen molar-refractivity contribution in [1.29, 1.82) is 0 Å². The maximum Gasteiger partial charge on any atom is 0.193 e. The van der Waals surface area contributed by atoms with Crippen molar-refractivity contribution in [3.8, 4) is 0 Å². The number of aliphatic imine (C=N–C) groups is 1. The van der Waals surface area contributed by atoms with Gasteiger partial charge in [-0.2, -0.15) is 0 Å². The number of hydrogen-bond acceptors (Lipinski definition) is 2. The molecule has 4 heteroatoms. The Bertz CT molecular complexity index is 606. The van der Waals surface area contributed by atoms with E-state index in [4.69, 9.17) is 5.73 Å². The standard InChI is InChI=1S/C17H21N3S/c1-13-6-8-16(9-7-13)21-11-10-19-17(18)20-15-5-3-4-14(2)12-15/h3-9,12H,10-11H2,1-2H3,(H3,18,19,20). The van der Waals surface area contributed by atoms with Gasteiger partial charge in [-0.3, -0.25) is 4.99 Å². The summed E-state index contributed by atoms with van der Waals surface area (Å²) in [5, 5.41) is 3.11. The molecule has 2 aromatic carbocycles. The summed E-state index contributed by atoms with van der Waals surface area (Å²) in [5.41, 5.74) is 9.34. The minimum absolute atomic E-state index is 0.463. The Morgan fingerprint density at radius 3 is 2.57 bits per heavy atom. The van der Waals surface area contributed by atoms with Gasteiger partial charge in [-0.05, 0) is 43.7 Å². The molecule has 0 aliphatic rings. The molecule has 110 valence electrons. The highest BCUT2D eigenvalue weighted by Crippen LogP contribution is 2.17. The molecule has 3 N–H and O–H groups in total. The Labute approximate surface area is 130 Å². The molecule has 0 unspecified atom stereocenters. The van der Waals surface area contributed by atoms with E-state index < -0.39 is 0 Å². The van der Waals surface area contributed by atoms with Gasteiger partial charge in [0.15, 0.2) is 5.96 Å². The highest BCUT2D eigenvalue weighted by Gasteiger charge is 1.96. The van der Waals surface area contributed by atoms with Gasteiger partial charge in [0.05, 0.1) is 6.54 Å². The molecule has 0 saturated carbocycles. The molecule has 0 bridgehead atoms. The number of anilines is 1. The fraction of sp³-hybridized carbons (Fsp3) is 0.235. The van der Waals surface area contributed by atoms with E-state index in [-0.39, 0.29) is 0 Å². The van der Waals surface area contributed by atoms with Gasteiger partial charge in [-0.15, -0.1) is 11.8 Å². The van der Waals surface area contributed by atoms with Gasteiger partial charge in [0.2, 0.25) is 0 Å². The zero-order chi connectivity index (χ0) is 15.1. The van der Waals surface area contributed by atoms with E-state index in [1.807, 2.05) is 18.2 Å². The first-order valence-electron chi connectivity index (χ1n) is 6.96. The number of nitrogens with one attached hydrogen (secondary N) is 1. The number of rotatable bonds is 5. The minimum atomic E-state index is 0.463. The Morgan fingerprint density at radius 2 is 1.86 bits per heavy atom. The van der Waals surface area contributed by atoms with Crippen molar-refractivity contribution >= 4 is 23.4 Å². The molecule has 0 heterocycles. The lowest BCUT2D eigenvalue weighted by atomic mass is 10.2. The van der Waals surface area contributed by atoms with Crippen LogP contribution in [0.5, 0.6) is 0 Å². The van der Waals surface area contributed by atoms with Gasteiger partial charge in [-0.25, -0.2) is 0 Å². The van der Waals surface area contributed by atoms with E-state index in [9.17, 15) is 0 Å². The SMILES string of the molecule is Cc1ccc(SCCN=C(N)Nc2cccc(C)c2)cc1. The van der Waals surface area contributed by atoms with Gasteiger partial charge in [0, 0.05) is 16.3 Å². The van der Waals surface area contributed by atoms with E-state index >= 15 is 0 Å². The van der Waals surface area contributed by atoms with Crippen molar-refractivity contribution in [3.63, 3.8) is 0 Å². The molecule has 0 atom stereocenters. The van der Waals surface area contributed by atoms with Crippen LogP contribution in [0, 0.1) is 13.8 Å². The van der Waals surface area contributed by atoms with E-state index in [0.29, 0.717) is 12.5 Å². The van der Waals surface area contributed by atoms with Crippen LogP contribution in [0.25, 0.3) is 0 Å². The Morgan fingerprint density at radius 1 is 1.10 bits per heavy atom. The van der Waals surface area contributed by atoms with Crippen LogP contribution in [0.2, 0.25) is 0 Å². The highest BCUT2D eigenvalue weighted by molar-refractivity contribution is 7.99. The zero-order valence-corrected chi connectivity index (χ0v) is 13.3. The minimum Gasteiger partial charge on any atom is -0.370 e. The van der Waals surface area contributed by atoms with E-state index in [1.54, 1.807) is 11.8 Å². The van der Waals surface area contributed by atoms with Crippen LogP contribution in [0.15, 0.2) is 58.4 Å². The van der Waals surface area contributed by atoms with Crippen LogP contribution < -0.4 is 11.1 Å². The van der Waals surface area contributed by atoms with Crippen LogP contribution in [0.1, 0.15) is 11.1 Å². The number of thioether (sulfide) groups is 1. The predicted molar refractivity (Wildman–Crippen MR) is 93.2 cm³/mol. The first-order chi connectivity index (χ1) is 10.1. The van der Waals surface area contributed by atoms with E-state index in [0.717, 1.165) is 11.4 Å². The molecule has 2 aromatic rings. The molecule has 0 aliphatic carbocycles. The van der Waals surface area contributed by atoms with Crippen LogP contribution in [0.4, 0.5) is 5.69 Å². The molecule has 2 rings (SSSR count). The number of nitrogens with zero attached hydrogens (tertiary/aromatic N) is 1. The molecule has 0 aliphatic heterocycles. The molecule has 0 saturated heterocycles. The van der Waals surface area contributed by atoms with Crippen LogP contribution in [-0.2, 0) is 0 Å². The smallest absolute Gasteiger partial charge is 0.193 e. The summed E-state index contributed by atoms with van der Waals surface area (Å²) in [6.07, 6.45) is 0. The Balaban J connectivity index is 1.77. The Kier molecular flexibility index (Phi) is 5.69. The van der Waals surface area contributed by atoms with Gasteiger partial charge in [-0.1, -0.05) is 29.8 Å². The lowest BCUT2D eigenvalue weighted by molar-refractivity contribution is 1.13. The summed E-state index contributed by atoms with van der Waals surface area (Å²) < 4.78 is 0. The van der Waals surface area contributed by atoms with E-state index in [1.165, 1.54) is 16.0 Å². The fourth-order valence-corrected chi connectivity index (χ4v) is 2.62. The lowest BCUT2D eigenvalue weighted by Gasteiger charge is -2.06. The normalized spacial score (nSPS) is 11.4. The quantitative estimate of drug-likeness (QED) is 0.382. The fourth-order valence-electron chi connectivity index (χ4n) is 1.87. The van der Waals surface area contributed by atoms with Crippen LogP contribution in [-0.4, -0.2) is 18.3 Å². The maximum absolute atomic E-state index is 5.88. The van der Waals surface area contributed by atoms with Crippen molar-refractivity contribution in [2.75, 3.05) is 17.6 Å². The third-order valence-electron chi connectivity index (χ3n) is 2.95. The van der Waals surface area contributed by atoms with Crippen LogP contribution in [0.3, 0.4) is 0 Å². The van der Waals surface area contributed by atoms with Gasteiger partial charge < -0.3 is 11.1 Å². The monoisotopic (exact) mass is 299 g/mol. The summed E-state index contributed by atoms with van der Waals surface area (Å²) in [5.74, 6) is 1.38. The van der Waals surface area contributed by atoms with Crippen molar-refractivity contribution in [2.45, 2.75) is 18.7 Å². The second-order valence-corrected chi connectivity index (χ2v) is 6.09. The Hall–Kier alpha value is -1.94. The highest BCUT2D eigenvalue weighted by atomic mass is 32.2. The van der Waals surface area contributed by atoms with Gasteiger partial charge >= 0.3 is 0 Å². The van der Waals surface area contributed by atoms with E-state index in [2.05, 4.69) is 54.5 Å². The summed E-state index contributed by atoms with van der Waals surface area (Å²) in [7, 11) is 0. The molecule has 21 heavy (non-hydrogen) atoms. The number of hydrogen-bond donors (Lipinski definition) is 2. The second kappa shape index (κ2) is 7.74. The lowest BCUT2D eigenvalue weighted by Crippen LogP contribution is -2.23. The molecule has 0 radical (unpaired) electrons. The number of guanidine groups is 1. The first kappa shape index (κ1) is 15.4. The maximum atomic E-state index is 5.88. The topological polar surface area (TPSA) is 50.4 Å². The van der Waals surface area contributed by atoms with Crippen molar-refractivity contribution < 1.29 is 0 Å². The molecule has 3 nitrogen and oxygen atoms in total. The molecular weight excluding hydrogens is 278 g/mol. The molecule has 0 amide bonds. The summed E-state index contributed by atoms with van der Waals surface area (Å²) in [6, 6.07) is 16.6. The summed E-state index contributed by atoms with van der Waals surface area (Å²) in [4.78, 5) is 5.61. The third kappa shape index (κ3) is 5.52. The van der Waals surface area contributed by atoms with Crippen molar-refractivity contribution in [1.82, 2.24) is 0 Å². The predicted octanol–water partition coefficient (Wildman–Crippen LogP) is 3.82. The third-order valence-corrected chi connectivity index (χ3v) is 3.95. The molecular formula is C17H21N3S.